The fourth-order valence-electron chi connectivity index (χ4n) is 2.85. The Bertz CT molecular complexity index is 1020. The summed E-state index contributed by atoms with van der Waals surface area (Å²) < 4.78 is 7.56. The highest BCUT2D eigenvalue weighted by atomic mass is 35.5. The highest BCUT2D eigenvalue weighted by Crippen LogP contribution is 2.39. The van der Waals surface area contributed by atoms with Crippen molar-refractivity contribution in [1.29, 1.82) is 0 Å². The van der Waals surface area contributed by atoms with Crippen molar-refractivity contribution in [1.82, 2.24) is 19.9 Å². The lowest BCUT2D eigenvalue weighted by molar-refractivity contribution is -0.118. The largest absolute Gasteiger partial charge is 0.370 e. The van der Waals surface area contributed by atoms with E-state index in [9.17, 15) is 4.79 Å². The number of nitrogens with zero attached hydrogens (tertiary/aromatic N) is 4. The van der Waals surface area contributed by atoms with Crippen LogP contribution in [0.1, 0.15) is 36.9 Å². The summed E-state index contributed by atoms with van der Waals surface area (Å²) >= 11 is 13.7. The second-order valence-electron chi connectivity index (χ2n) is 6.56. The molecule has 1 aromatic carbocycles. The molecular weight excluding hydrogens is 421 g/mol. The maximum absolute atomic E-state index is 11.1. The molecule has 10 heteroatoms. The molecule has 0 spiro atoms. The molecule has 0 aliphatic heterocycles. The molecule has 1 amide bonds. The van der Waals surface area contributed by atoms with Crippen LogP contribution in [0, 0.1) is 0 Å². The third-order valence-corrected chi connectivity index (χ3v) is 5.86. The fraction of sp³-hybridized carbons (Fsp3) is 0.333. The van der Waals surface area contributed by atoms with Gasteiger partial charge in [-0.2, -0.15) is 0 Å². The minimum Gasteiger partial charge on any atom is -0.370 e. The van der Waals surface area contributed by atoms with Gasteiger partial charge >= 0.3 is 0 Å². The number of nitrogens with two attached hydrogens (primary N) is 1. The number of carbonyl (C=O) groups is 1. The van der Waals surface area contributed by atoms with Crippen LogP contribution in [0.3, 0.4) is 0 Å². The van der Waals surface area contributed by atoms with Gasteiger partial charge in [0.1, 0.15) is 17.3 Å². The van der Waals surface area contributed by atoms with E-state index in [4.69, 9.17) is 33.5 Å². The van der Waals surface area contributed by atoms with Gasteiger partial charge in [-0.3, -0.25) is 4.79 Å². The van der Waals surface area contributed by atoms with E-state index in [2.05, 4.69) is 19.9 Å². The molecule has 2 aromatic heterocycles. The van der Waals surface area contributed by atoms with Gasteiger partial charge in [-0.1, -0.05) is 40.1 Å². The number of rotatable bonds is 8. The van der Waals surface area contributed by atoms with Gasteiger partial charge in [-0.25, -0.2) is 0 Å². The van der Waals surface area contributed by atoms with Gasteiger partial charge in [0.2, 0.25) is 5.91 Å². The topological polar surface area (TPSA) is 99.8 Å². The third-order valence-electron chi connectivity index (χ3n) is 4.35. The zero-order valence-electron chi connectivity index (χ0n) is 14.8. The molecule has 2 heterocycles. The summed E-state index contributed by atoms with van der Waals surface area (Å²) in [5.41, 5.74) is 6.68. The van der Waals surface area contributed by atoms with Gasteiger partial charge in [0, 0.05) is 35.5 Å². The Balaban J connectivity index is 1.46. The van der Waals surface area contributed by atoms with Gasteiger partial charge in [0.15, 0.2) is 5.16 Å². The summed E-state index contributed by atoms with van der Waals surface area (Å²) in [6, 6.07) is 7.51. The number of aryl methyl sites for hydroxylation is 1. The van der Waals surface area contributed by atoms with Crippen molar-refractivity contribution in [3.63, 3.8) is 0 Å². The first-order valence-corrected chi connectivity index (χ1v) is 10.5. The van der Waals surface area contributed by atoms with Crippen LogP contribution in [-0.4, -0.2) is 25.8 Å². The Hall–Kier alpha value is -2.03. The number of amides is 1. The molecule has 146 valence electrons. The minimum absolute atomic E-state index is 0.267. The molecule has 7 nitrogen and oxygen atoms in total. The summed E-state index contributed by atoms with van der Waals surface area (Å²) in [6.45, 7) is 0. The van der Waals surface area contributed by atoms with Crippen LogP contribution in [0.4, 0.5) is 0 Å². The van der Waals surface area contributed by atoms with Gasteiger partial charge in [0.25, 0.3) is 0 Å². The van der Waals surface area contributed by atoms with E-state index >= 15 is 0 Å². The van der Waals surface area contributed by atoms with Crippen LogP contribution in [0.25, 0.3) is 11.3 Å². The molecule has 1 aliphatic rings. The third kappa shape index (κ3) is 4.34. The summed E-state index contributed by atoms with van der Waals surface area (Å²) in [5, 5.41) is 14.5. The first kappa shape index (κ1) is 19.3. The van der Waals surface area contributed by atoms with Gasteiger partial charge in [0.05, 0.1) is 10.8 Å². The van der Waals surface area contributed by atoms with Crippen LogP contribution in [-0.2, 0) is 17.0 Å². The maximum Gasteiger partial charge on any atom is 0.217 e. The van der Waals surface area contributed by atoms with E-state index in [0.717, 1.165) is 29.4 Å². The average Bonchev–Trinajstić information content (AvgIpc) is 3.23. The van der Waals surface area contributed by atoms with Crippen molar-refractivity contribution in [2.24, 2.45) is 5.73 Å². The molecule has 28 heavy (non-hydrogen) atoms. The number of primary amides is 1. The highest BCUT2D eigenvalue weighted by molar-refractivity contribution is 7.98. The van der Waals surface area contributed by atoms with E-state index in [1.807, 2.05) is 12.1 Å². The zero-order chi connectivity index (χ0) is 19.7. The normalized spacial score (nSPS) is 13.8. The van der Waals surface area contributed by atoms with Crippen molar-refractivity contribution >= 4 is 40.9 Å². The van der Waals surface area contributed by atoms with Crippen LogP contribution < -0.4 is 5.73 Å². The average molecular weight is 438 g/mol. The van der Waals surface area contributed by atoms with Crippen molar-refractivity contribution in [3.05, 3.63) is 45.9 Å². The van der Waals surface area contributed by atoms with E-state index in [0.29, 0.717) is 39.7 Å². The summed E-state index contributed by atoms with van der Waals surface area (Å²) in [7, 11) is 0. The van der Waals surface area contributed by atoms with Crippen LogP contribution in [0.2, 0.25) is 10.0 Å². The molecule has 3 aromatic rings. The molecule has 1 fully saturated rings. The number of halogens is 2. The second kappa shape index (κ2) is 8.14. The number of hydrogen-bond acceptors (Lipinski definition) is 6. The monoisotopic (exact) mass is 437 g/mol. The SMILES string of the molecule is NC(=O)CCc1nnc(SCc2cc(-c3ccc(Cl)cc3Cl)no2)n1C1CC1. The van der Waals surface area contributed by atoms with Crippen molar-refractivity contribution in [2.45, 2.75) is 42.6 Å². The predicted molar refractivity (Wildman–Crippen MR) is 107 cm³/mol. The Morgan fingerprint density at radius 1 is 1.29 bits per heavy atom. The maximum atomic E-state index is 11.1. The van der Waals surface area contributed by atoms with Crippen molar-refractivity contribution in [3.8, 4) is 11.3 Å². The predicted octanol–water partition coefficient (Wildman–Crippen LogP) is 4.29. The van der Waals surface area contributed by atoms with Crippen LogP contribution >= 0.6 is 35.0 Å². The fourth-order valence-corrected chi connectivity index (χ4v) is 4.26. The van der Waals surface area contributed by atoms with E-state index in [1.54, 1.807) is 12.1 Å². The Morgan fingerprint density at radius 2 is 2.11 bits per heavy atom. The molecule has 0 saturated heterocycles. The Morgan fingerprint density at radius 3 is 2.82 bits per heavy atom. The number of benzene rings is 1. The number of thioether (sulfide) groups is 1. The molecule has 0 unspecified atom stereocenters. The standard InChI is InChI=1S/C18H17Cl2N5O2S/c19-10-1-4-13(14(20)7-10)15-8-12(27-24-15)9-28-18-23-22-17(6-5-16(21)26)25(18)11-2-3-11/h1,4,7-8,11H,2-3,5-6,9H2,(H2,21,26). The highest BCUT2D eigenvalue weighted by Gasteiger charge is 2.29. The summed E-state index contributed by atoms with van der Waals surface area (Å²) in [4.78, 5) is 11.1. The van der Waals surface area contributed by atoms with Crippen molar-refractivity contribution < 1.29 is 9.32 Å². The zero-order valence-corrected chi connectivity index (χ0v) is 17.1. The number of aromatic nitrogens is 4. The number of hydrogen-bond donors (Lipinski definition) is 1. The van der Waals surface area contributed by atoms with Gasteiger partial charge < -0.3 is 14.8 Å². The van der Waals surface area contributed by atoms with Gasteiger partial charge in [-0.15, -0.1) is 10.2 Å². The Labute approximate surface area is 175 Å². The molecule has 0 bridgehead atoms. The molecular formula is C18H17Cl2N5O2S. The van der Waals surface area contributed by atoms with E-state index < -0.39 is 0 Å². The molecule has 2 N–H and O–H groups in total. The van der Waals surface area contributed by atoms with E-state index in [1.165, 1.54) is 11.8 Å². The molecule has 1 aliphatic carbocycles. The van der Waals surface area contributed by atoms with Gasteiger partial charge in [-0.05, 0) is 31.0 Å². The quantitative estimate of drug-likeness (QED) is 0.527. The lowest BCUT2D eigenvalue weighted by Crippen LogP contribution is -2.13. The Kier molecular flexibility index (Phi) is 5.61. The summed E-state index contributed by atoms with van der Waals surface area (Å²) in [5.74, 6) is 1.72. The molecule has 0 radical (unpaired) electrons. The first-order chi connectivity index (χ1) is 13.5. The number of carbonyl (C=O) groups excluding carboxylic acids is 1. The van der Waals surface area contributed by atoms with Crippen LogP contribution in [0.5, 0.6) is 0 Å². The molecule has 0 atom stereocenters. The van der Waals surface area contributed by atoms with Crippen molar-refractivity contribution in [2.75, 3.05) is 0 Å². The first-order valence-electron chi connectivity index (χ1n) is 8.77. The lowest BCUT2D eigenvalue weighted by Gasteiger charge is -2.07. The summed E-state index contributed by atoms with van der Waals surface area (Å²) in [6.07, 6.45) is 2.96. The molecule has 1 saturated carbocycles. The smallest absolute Gasteiger partial charge is 0.217 e. The van der Waals surface area contributed by atoms with Crippen LogP contribution in [0.15, 0.2) is 33.9 Å². The second-order valence-corrected chi connectivity index (χ2v) is 8.34. The van der Waals surface area contributed by atoms with E-state index in [-0.39, 0.29) is 12.3 Å². The molecule has 4 rings (SSSR count). The lowest BCUT2D eigenvalue weighted by atomic mass is 10.1. The minimum atomic E-state index is -0.338.